The number of imidazole rings is 1. The summed E-state index contributed by atoms with van der Waals surface area (Å²) >= 11 is 0. The maximum Gasteiger partial charge on any atom is 0.326 e. The largest absolute Gasteiger partial charge is 0.497 e. The molecule has 0 bridgehead atoms. The van der Waals surface area contributed by atoms with Crippen LogP contribution in [0.5, 0.6) is 5.75 Å². The van der Waals surface area contributed by atoms with Crippen molar-refractivity contribution in [3.8, 4) is 5.75 Å². The van der Waals surface area contributed by atoms with Crippen LogP contribution in [-0.2, 0) is 35.5 Å². The Morgan fingerprint density at radius 2 is 1.83 bits per heavy atom. The average molecular weight is 405 g/mol. The Morgan fingerprint density at radius 1 is 1.10 bits per heavy atom. The van der Waals surface area contributed by atoms with Gasteiger partial charge in [-0.3, -0.25) is 4.79 Å². The van der Waals surface area contributed by atoms with E-state index in [9.17, 15) is 14.7 Å². The molecule has 0 saturated carbocycles. The highest BCUT2D eigenvalue weighted by Gasteiger charge is 2.36. The standard InChI is InChI=1S/C23H23N3O4/c1-30-18-9-7-16(8-10-18)11-22(27)26-14-19-20(12-21(26)23(28)29)25(15-24-19)13-17-5-3-2-4-6-17/h2-10,15,21H,11-14H2,1H3,(H,28,29)/t21-/m0/s1. The third kappa shape index (κ3) is 4.05. The summed E-state index contributed by atoms with van der Waals surface area (Å²) in [7, 11) is 1.58. The predicted octanol–water partition coefficient (Wildman–Crippen LogP) is 2.52. The van der Waals surface area contributed by atoms with E-state index in [1.807, 2.05) is 47.0 Å². The number of benzene rings is 2. The molecule has 1 aliphatic heterocycles. The Hall–Kier alpha value is -3.61. The maximum absolute atomic E-state index is 12.9. The molecule has 7 nitrogen and oxygen atoms in total. The Labute approximate surface area is 174 Å². The molecule has 2 heterocycles. The number of hydrogen-bond acceptors (Lipinski definition) is 4. The first kappa shape index (κ1) is 19.7. The van der Waals surface area contributed by atoms with E-state index in [0.29, 0.717) is 12.3 Å². The highest BCUT2D eigenvalue weighted by molar-refractivity contribution is 5.85. The topological polar surface area (TPSA) is 84.7 Å². The molecule has 0 radical (unpaired) electrons. The highest BCUT2D eigenvalue weighted by atomic mass is 16.5. The van der Waals surface area contributed by atoms with Crippen LogP contribution in [0, 0.1) is 0 Å². The summed E-state index contributed by atoms with van der Waals surface area (Å²) in [6.45, 7) is 0.818. The number of carboxylic acids is 1. The minimum Gasteiger partial charge on any atom is -0.497 e. The van der Waals surface area contributed by atoms with Crippen molar-refractivity contribution >= 4 is 11.9 Å². The minimum absolute atomic E-state index is 0.133. The van der Waals surface area contributed by atoms with Gasteiger partial charge < -0.3 is 19.3 Å². The van der Waals surface area contributed by atoms with Crippen LogP contribution in [-0.4, -0.2) is 44.6 Å². The fourth-order valence-electron chi connectivity index (χ4n) is 3.80. The zero-order chi connectivity index (χ0) is 21.1. The summed E-state index contributed by atoms with van der Waals surface area (Å²) in [5, 5.41) is 9.80. The molecule has 1 amide bonds. The number of aromatic nitrogens is 2. The van der Waals surface area contributed by atoms with Crippen molar-refractivity contribution in [3.63, 3.8) is 0 Å². The van der Waals surface area contributed by atoms with Crippen molar-refractivity contribution in [2.24, 2.45) is 0 Å². The van der Waals surface area contributed by atoms with Gasteiger partial charge in [0, 0.05) is 18.7 Å². The molecule has 0 saturated heterocycles. The third-order valence-electron chi connectivity index (χ3n) is 5.43. The molecular weight excluding hydrogens is 382 g/mol. The van der Waals surface area contributed by atoms with Gasteiger partial charge in [-0.15, -0.1) is 0 Å². The number of hydrogen-bond donors (Lipinski definition) is 1. The number of carboxylic acid groups (broad SMARTS) is 1. The number of rotatable bonds is 6. The lowest BCUT2D eigenvalue weighted by Gasteiger charge is -2.33. The second-order valence-electron chi connectivity index (χ2n) is 7.36. The number of fused-ring (bicyclic) bond motifs is 1. The van der Waals surface area contributed by atoms with E-state index in [1.54, 1.807) is 25.6 Å². The molecule has 2 aromatic carbocycles. The van der Waals surface area contributed by atoms with Crippen molar-refractivity contribution in [1.82, 2.24) is 14.5 Å². The Bertz CT molecular complexity index is 1040. The molecule has 4 rings (SSSR count). The van der Waals surface area contributed by atoms with Crippen molar-refractivity contribution in [1.29, 1.82) is 0 Å². The highest BCUT2D eigenvalue weighted by Crippen LogP contribution is 2.25. The summed E-state index contributed by atoms with van der Waals surface area (Å²) in [6, 6.07) is 16.2. The van der Waals surface area contributed by atoms with Crippen LogP contribution in [0.1, 0.15) is 22.5 Å². The SMILES string of the molecule is COc1ccc(CC(=O)N2Cc3ncn(Cc4ccccc4)c3C[C@H]2C(=O)O)cc1. The van der Waals surface area contributed by atoms with Gasteiger partial charge in [-0.1, -0.05) is 42.5 Å². The number of aliphatic carboxylic acids is 1. The van der Waals surface area contributed by atoms with Gasteiger partial charge in [-0.2, -0.15) is 0 Å². The minimum atomic E-state index is -1.00. The summed E-state index contributed by atoms with van der Waals surface area (Å²) in [6.07, 6.45) is 2.10. The van der Waals surface area contributed by atoms with Crippen LogP contribution in [0.15, 0.2) is 60.9 Å². The number of amides is 1. The zero-order valence-electron chi connectivity index (χ0n) is 16.7. The molecule has 0 fully saturated rings. The van der Waals surface area contributed by atoms with E-state index < -0.39 is 12.0 Å². The fourth-order valence-corrected chi connectivity index (χ4v) is 3.80. The van der Waals surface area contributed by atoms with E-state index in [-0.39, 0.29) is 25.3 Å². The molecule has 30 heavy (non-hydrogen) atoms. The molecule has 1 aliphatic rings. The quantitative estimate of drug-likeness (QED) is 0.681. The molecule has 154 valence electrons. The first-order valence-electron chi connectivity index (χ1n) is 9.77. The molecule has 1 aromatic heterocycles. The van der Waals surface area contributed by atoms with Crippen LogP contribution in [0.2, 0.25) is 0 Å². The van der Waals surface area contributed by atoms with Gasteiger partial charge in [0.1, 0.15) is 11.8 Å². The second-order valence-corrected chi connectivity index (χ2v) is 7.36. The number of ether oxygens (including phenoxy) is 1. The van der Waals surface area contributed by atoms with Crippen molar-refractivity contribution in [3.05, 3.63) is 83.4 Å². The van der Waals surface area contributed by atoms with E-state index in [0.717, 1.165) is 22.5 Å². The predicted molar refractivity (Wildman–Crippen MR) is 110 cm³/mol. The van der Waals surface area contributed by atoms with Gasteiger partial charge in [0.25, 0.3) is 0 Å². The van der Waals surface area contributed by atoms with E-state index in [4.69, 9.17) is 4.74 Å². The average Bonchev–Trinajstić information content (AvgIpc) is 3.15. The lowest BCUT2D eigenvalue weighted by Crippen LogP contribution is -2.49. The lowest BCUT2D eigenvalue weighted by atomic mass is 10.0. The number of nitrogens with zero attached hydrogens (tertiary/aromatic N) is 3. The Balaban J connectivity index is 1.54. The van der Waals surface area contributed by atoms with E-state index in [1.165, 1.54) is 4.90 Å². The van der Waals surface area contributed by atoms with Gasteiger partial charge in [-0.25, -0.2) is 9.78 Å². The molecule has 0 spiro atoms. The van der Waals surface area contributed by atoms with Crippen molar-refractivity contribution < 1.29 is 19.4 Å². The summed E-state index contributed by atoms with van der Waals surface area (Å²) in [5.41, 5.74) is 3.55. The Kier molecular flexibility index (Phi) is 5.52. The first-order valence-corrected chi connectivity index (χ1v) is 9.77. The summed E-state index contributed by atoms with van der Waals surface area (Å²) < 4.78 is 7.12. The number of carbonyl (C=O) groups excluding carboxylic acids is 1. The van der Waals surface area contributed by atoms with Gasteiger partial charge in [0.05, 0.1) is 32.1 Å². The fraction of sp³-hybridized carbons (Fsp3) is 0.261. The van der Waals surface area contributed by atoms with Gasteiger partial charge in [0.15, 0.2) is 0 Å². The third-order valence-corrected chi connectivity index (χ3v) is 5.43. The van der Waals surface area contributed by atoms with E-state index in [2.05, 4.69) is 4.98 Å². The number of carbonyl (C=O) groups is 2. The Morgan fingerprint density at radius 3 is 2.50 bits per heavy atom. The monoisotopic (exact) mass is 405 g/mol. The molecule has 7 heteroatoms. The second kappa shape index (κ2) is 8.41. The molecule has 1 atom stereocenters. The van der Waals surface area contributed by atoms with Crippen LogP contribution < -0.4 is 4.74 Å². The molecule has 3 aromatic rings. The lowest BCUT2D eigenvalue weighted by molar-refractivity contribution is -0.151. The first-order chi connectivity index (χ1) is 14.5. The molecule has 1 N–H and O–H groups in total. The van der Waals surface area contributed by atoms with Gasteiger partial charge in [0.2, 0.25) is 5.91 Å². The maximum atomic E-state index is 12.9. The zero-order valence-corrected chi connectivity index (χ0v) is 16.7. The molecule has 0 aliphatic carbocycles. The van der Waals surface area contributed by atoms with Crippen LogP contribution in [0.25, 0.3) is 0 Å². The van der Waals surface area contributed by atoms with Crippen LogP contribution in [0.4, 0.5) is 0 Å². The number of methoxy groups -OCH3 is 1. The normalized spacial score (nSPS) is 15.5. The van der Waals surface area contributed by atoms with Gasteiger partial charge in [-0.05, 0) is 23.3 Å². The van der Waals surface area contributed by atoms with Crippen LogP contribution >= 0.6 is 0 Å². The smallest absolute Gasteiger partial charge is 0.326 e. The van der Waals surface area contributed by atoms with Crippen molar-refractivity contribution in [2.75, 3.05) is 7.11 Å². The summed E-state index contributed by atoms with van der Waals surface area (Å²) in [4.78, 5) is 30.8. The van der Waals surface area contributed by atoms with E-state index >= 15 is 0 Å². The molecular formula is C23H23N3O4. The summed E-state index contributed by atoms with van der Waals surface area (Å²) in [5.74, 6) is -0.520. The van der Waals surface area contributed by atoms with Crippen LogP contribution in [0.3, 0.4) is 0 Å². The van der Waals surface area contributed by atoms with Gasteiger partial charge >= 0.3 is 5.97 Å². The van der Waals surface area contributed by atoms with Crippen molar-refractivity contribution in [2.45, 2.75) is 32.0 Å². The molecule has 0 unspecified atom stereocenters.